The molecule has 0 saturated heterocycles. The lowest BCUT2D eigenvalue weighted by atomic mass is 9.99. The summed E-state index contributed by atoms with van der Waals surface area (Å²) in [5, 5.41) is 9.49. The molecule has 3 rings (SSSR count). The number of hydrogen-bond acceptors (Lipinski definition) is 4. The summed E-state index contributed by atoms with van der Waals surface area (Å²) in [4.78, 5) is 24.7. The monoisotopic (exact) mass is 483 g/mol. The van der Waals surface area contributed by atoms with Gasteiger partial charge in [0.25, 0.3) is 5.91 Å². The highest BCUT2D eigenvalue weighted by Gasteiger charge is 2.22. The zero-order valence-corrected chi connectivity index (χ0v) is 20.6. The zero-order valence-electron chi connectivity index (χ0n) is 19.9. The Morgan fingerprint density at radius 2 is 1.74 bits per heavy atom. The molecular weight excluding hydrogens is 454 g/mol. The molecule has 0 bridgehead atoms. The average molecular weight is 484 g/mol. The van der Waals surface area contributed by atoms with Crippen LogP contribution in [0.25, 0.3) is 11.3 Å². The summed E-state index contributed by atoms with van der Waals surface area (Å²) in [6, 6.07) is 16.4. The number of halogens is 1. The molecular formula is C27H30ClNO5. The first-order chi connectivity index (χ1) is 16.1. The van der Waals surface area contributed by atoms with Crippen LogP contribution in [0, 0.1) is 12.8 Å². The minimum absolute atomic E-state index is 0.0949. The Morgan fingerprint density at radius 3 is 2.32 bits per heavy atom. The van der Waals surface area contributed by atoms with Crippen LogP contribution in [0.2, 0.25) is 5.02 Å². The Kier molecular flexibility index (Phi) is 8.40. The maximum Gasteiger partial charge on any atom is 0.305 e. The van der Waals surface area contributed by atoms with Gasteiger partial charge in [-0.25, -0.2) is 0 Å². The molecule has 7 heteroatoms. The molecule has 1 unspecified atom stereocenters. The average Bonchev–Trinajstić information content (AvgIpc) is 3.18. The molecule has 3 aromatic rings. The molecule has 34 heavy (non-hydrogen) atoms. The Morgan fingerprint density at radius 1 is 1.09 bits per heavy atom. The van der Waals surface area contributed by atoms with Crippen LogP contribution >= 0.6 is 11.6 Å². The topological polar surface area (TPSA) is 80.0 Å². The van der Waals surface area contributed by atoms with Crippen LogP contribution in [0.15, 0.2) is 59.0 Å². The van der Waals surface area contributed by atoms with Crippen molar-refractivity contribution < 1.29 is 23.8 Å². The molecule has 180 valence electrons. The van der Waals surface area contributed by atoms with Crippen LogP contribution in [0.4, 0.5) is 0 Å². The van der Waals surface area contributed by atoms with E-state index < -0.39 is 5.97 Å². The first kappa shape index (κ1) is 25.4. The lowest BCUT2D eigenvalue weighted by Crippen LogP contribution is -2.28. The number of aryl methyl sites for hydroxylation is 1. The summed E-state index contributed by atoms with van der Waals surface area (Å²) < 4.78 is 12.4. The number of hydrogen-bond donors (Lipinski definition) is 1. The van der Waals surface area contributed by atoms with Gasteiger partial charge in [-0.1, -0.05) is 25.4 Å². The molecule has 1 amide bonds. The molecule has 0 aliphatic carbocycles. The quantitative estimate of drug-likeness (QED) is 0.350. The summed E-state index contributed by atoms with van der Waals surface area (Å²) in [7, 11) is 1.59. The van der Waals surface area contributed by atoms with E-state index in [-0.39, 0.29) is 25.0 Å². The third-order valence-corrected chi connectivity index (χ3v) is 5.76. The lowest BCUT2D eigenvalue weighted by Gasteiger charge is -2.21. The number of amides is 1. The number of furan rings is 1. The second kappa shape index (κ2) is 11.3. The minimum Gasteiger partial charge on any atom is -0.486 e. The molecule has 1 atom stereocenters. The van der Waals surface area contributed by atoms with E-state index in [1.807, 2.05) is 37.3 Å². The van der Waals surface area contributed by atoms with Gasteiger partial charge >= 0.3 is 5.97 Å². The van der Waals surface area contributed by atoms with Crippen molar-refractivity contribution in [3.05, 3.63) is 76.5 Å². The third kappa shape index (κ3) is 6.64. The van der Waals surface area contributed by atoms with E-state index in [4.69, 9.17) is 25.9 Å². The van der Waals surface area contributed by atoms with Crippen molar-refractivity contribution in [2.75, 3.05) is 13.6 Å². The summed E-state index contributed by atoms with van der Waals surface area (Å²) in [5.74, 6) is 1.42. The van der Waals surface area contributed by atoms with Gasteiger partial charge in [0.15, 0.2) is 0 Å². The van der Waals surface area contributed by atoms with E-state index in [9.17, 15) is 9.59 Å². The molecule has 0 aliphatic rings. The number of carboxylic acids is 1. The van der Waals surface area contributed by atoms with E-state index in [2.05, 4.69) is 13.8 Å². The molecule has 0 radical (unpaired) electrons. The Labute approximate surface area is 205 Å². The van der Waals surface area contributed by atoms with Gasteiger partial charge in [0.2, 0.25) is 0 Å². The number of rotatable bonds is 10. The standard InChI is InChI=1S/C27H30ClNO5/c1-17(2)15-25(23-16-24(33-18(23)3)19-5-9-21(28)10-6-19)34-22-11-7-20(8-12-22)27(32)29(4)14-13-26(30)31/h5-12,16-17,25H,13-15H2,1-4H3,(H,30,31). The number of carbonyl (C=O) groups is 2. The number of aliphatic carboxylic acids is 1. The number of carboxylic acid groups (broad SMARTS) is 1. The van der Waals surface area contributed by atoms with Gasteiger partial charge in [0.05, 0.1) is 6.42 Å². The molecule has 1 heterocycles. The lowest BCUT2D eigenvalue weighted by molar-refractivity contribution is -0.137. The van der Waals surface area contributed by atoms with Gasteiger partial charge in [0.1, 0.15) is 23.4 Å². The maximum absolute atomic E-state index is 12.5. The largest absolute Gasteiger partial charge is 0.486 e. The fourth-order valence-corrected chi connectivity index (χ4v) is 3.79. The van der Waals surface area contributed by atoms with Crippen molar-refractivity contribution in [3.8, 4) is 17.1 Å². The van der Waals surface area contributed by atoms with E-state index in [1.165, 1.54) is 4.90 Å². The van der Waals surface area contributed by atoms with E-state index in [0.717, 1.165) is 29.1 Å². The van der Waals surface area contributed by atoms with Crippen LogP contribution in [-0.2, 0) is 4.79 Å². The van der Waals surface area contributed by atoms with Gasteiger partial charge in [0, 0.05) is 35.3 Å². The first-order valence-corrected chi connectivity index (χ1v) is 11.6. The smallest absolute Gasteiger partial charge is 0.305 e. The van der Waals surface area contributed by atoms with Gasteiger partial charge in [-0.3, -0.25) is 9.59 Å². The Bertz CT molecular complexity index is 1120. The predicted molar refractivity (Wildman–Crippen MR) is 132 cm³/mol. The van der Waals surface area contributed by atoms with Crippen molar-refractivity contribution in [1.82, 2.24) is 4.90 Å². The van der Waals surface area contributed by atoms with Crippen molar-refractivity contribution >= 4 is 23.5 Å². The van der Waals surface area contributed by atoms with Gasteiger partial charge < -0.3 is 19.2 Å². The SMILES string of the molecule is Cc1oc(-c2ccc(Cl)cc2)cc1C(CC(C)C)Oc1ccc(C(=O)N(C)CCC(=O)O)cc1. The van der Waals surface area contributed by atoms with Gasteiger partial charge in [-0.2, -0.15) is 0 Å². The number of nitrogens with zero attached hydrogens (tertiary/aromatic N) is 1. The Balaban J connectivity index is 1.77. The van der Waals surface area contributed by atoms with Crippen LogP contribution in [-0.4, -0.2) is 35.5 Å². The molecule has 2 aromatic carbocycles. The van der Waals surface area contributed by atoms with E-state index in [1.54, 1.807) is 31.3 Å². The first-order valence-electron chi connectivity index (χ1n) is 11.2. The fourth-order valence-electron chi connectivity index (χ4n) is 3.66. The molecule has 1 aromatic heterocycles. The molecule has 0 fully saturated rings. The second-order valence-electron chi connectivity index (χ2n) is 8.76. The summed E-state index contributed by atoms with van der Waals surface area (Å²) in [5.41, 5.74) is 2.40. The number of benzene rings is 2. The molecule has 0 spiro atoms. The molecule has 0 saturated carbocycles. The highest BCUT2D eigenvalue weighted by Crippen LogP contribution is 2.35. The van der Waals surface area contributed by atoms with Crippen molar-refractivity contribution in [2.45, 2.75) is 39.7 Å². The molecule has 1 N–H and O–H groups in total. The highest BCUT2D eigenvalue weighted by molar-refractivity contribution is 6.30. The van der Waals surface area contributed by atoms with Gasteiger partial charge in [-0.15, -0.1) is 0 Å². The van der Waals surface area contributed by atoms with E-state index in [0.29, 0.717) is 22.3 Å². The maximum atomic E-state index is 12.5. The molecule has 6 nitrogen and oxygen atoms in total. The van der Waals surface area contributed by atoms with Crippen molar-refractivity contribution in [2.24, 2.45) is 5.92 Å². The zero-order chi connectivity index (χ0) is 24.8. The number of carbonyl (C=O) groups excluding carboxylic acids is 1. The predicted octanol–water partition coefficient (Wildman–Crippen LogP) is 6.62. The summed E-state index contributed by atoms with van der Waals surface area (Å²) >= 11 is 6.01. The van der Waals surface area contributed by atoms with Crippen molar-refractivity contribution in [3.63, 3.8) is 0 Å². The minimum atomic E-state index is -0.937. The van der Waals surface area contributed by atoms with Crippen LogP contribution < -0.4 is 4.74 Å². The number of ether oxygens (including phenoxy) is 1. The normalized spacial score (nSPS) is 11.9. The molecule has 0 aliphatic heterocycles. The highest BCUT2D eigenvalue weighted by atomic mass is 35.5. The summed E-state index contributed by atoms with van der Waals surface area (Å²) in [6.45, 7) is 6.36. The van der Waals surface area contributed by atoms with Crippen LogP contribution in [0.3, 0.4) is 0 Å². The Hall–Kier alpha value is -3.25. The third-order valence-electron chi connectivity index (χ3n) is 5.50. The van der Waals surface area contributed by atoms with Crippen LogP contribution in [0.1, 0.15) is 54.5 Å². The van der Waals surface area contributed by atoms with Crippen molar-refractivity contribution in [1.29, 1.82) is 0 Å². The fraction of sp³-hybridized carbons (Fsp3) is 0.333. The van der Waals surface area contributed by atoms with Crippen LogP contribution in [0.5, 0.6) is 5.75 Å². The van der Waals surface area contributed by atoms with E-state index >= 15 is 0 Å². The van der Waals surface area contributed by atoms with Gasteiger partial charge in [-0.05, 0) is 73.9 Å². The summed E-state index contributed by atoms with van der Waals surface area (Å²) in [6.07, 6.45) is 0.478. The second-order valence-corrected chi connectivity index (χ2v) is 9.20.